The summed E-state index contributed by atoms with van der Waals surface area (Å²) in [7, 11) is 1.62. The molecule has 0 saturated carbocycles. The van der Waals surface area contributed by atoms with Gasteiger partial charge in [0.1, 0.15) is 17.6 Å². The summed E-state index contributed by atoms with van der Waals surface area (Å²) in [6.45, 7) is -0.171. The third-order valence-electron chi connectivity index (χ3n) is 2.97. The van der Waals surface area contributed by atoms with Gasteiger partial charge in [-0.25, -0.2) is 0 Å². The number of phenolic OH excluding ortho intramolecular Hbond substituents is 1. The maximum absolute atomic E-state index is 12.1. The zero-order valence-electron chi connectivity index (χ0n) is 11.5. The van der Waals surface area contributed by atoms with Gasteiger partial charge in [0.25, 0.3) is 5.91 Å². The van der Waals surface area contributed by atoms with Crippen LogP contribution in [-0.2, 0) is 4.79 Å². The fourth-order valence-corrected chi connectivity index (χ4v) is 1.74. The van der Waals surface area contributed by atoms with Crippen LogP contribution in [0.5, 0.6) is 11.5 Å². The van der Waals surface area contributed by atoms with E-state index in [0.717, 1.165) is 0 Å². The third-order valence-corrected chi connectivity index (χ3v) is 2.97. The average molecular weight is 282 g/mol. The summed E-state index contributed by atoms with van der Waals surface area (Å²) >= 11 is 0. The number of benzene rings is 2. The Balaban J connectivity index is 2.01. The first-order valence-corrected chi connectivity index (χ1v) is 6.29. The number of rotatable bonds is 4. The molecule has 5 heteroatoms. The van der Waals surface area contributed by atoms with E-state index in [1.54, 1.807) is 43.4 Å². The van der Waals surface area contributed by atoms with Crippen LogP contribution >= 0.6 is 0 Å². The number of para-hydroxylation sites is 1. The van der Waals surface area contributed by atoms with Crippen molar-refractivity contribution in [3.8, 4) is 17.6 Å². The quantitative estimate of drug-likeness (QED) is 0.933. The number of nitrogens with zero attached hydrogens (tertiary/aromatic N) is 2. The minimum atomic E-state index is -0.256. The maximum Gasteiger partial charge on any atom is 0.264 e. The lowest BCUT2D eigenvalue weighted by molar-refractivity contribution is -0.120. The third kappa shape index (κ3) is 3.51. The molecule has 2 aromatic rings. The minimum absolute atomic E-state index is 0.138. The number of anilines is 1. The molecule has 0 saturated heterocycles. The van der Waals surface area contributed by atoms with Crippen LogP contribution in [0.1, 0.15) is 5.56 Å². The van der Waals surface area contributed by atoms with E-state index in [1.807, 2.05) is 6.07 Å². The maximum atomic E-state index is 12.1. The molecule has 0 aromatic heterocycles. The zero-order chi connectivity index (χ0) is 15.2. The van der Waals surface area contributed by atoms with Gasteiger partial charge in [-0.05, 0) is 36.4 Å². The molecule has 5 nitrogen and oxygen atoms in total. The summed E-state index contributed by atoms with van der Waals surface area (Å²) in [4.78, 5) is 13.5. The molecule has 0 radical (unpaired) electrons. The first-order chi connectivity index (χ1) is 10.1. The first-order valence-electron chi connectivity index (χ1n) is 6.29. The van der Waals surface area contributed by atoms with Crippen molar-refractivity contribution in [2.45, 2.75) is 0 Å². The number of hydrogen-bond donors (Lipinski definition) is 1. The summed E-state index contributed by atoms with van der Waals surface area (Å²) in [5, 5.41) is 18.2. The van der Waals surface area contributed by atoms with E-state index >= 15 is 0 Å². The van der Waals surface area contributed by atoms with Crippen molar-refractivity contribution in [1.82, 2.24) is 0 Å². The van der Waals surface area contributed by atoms with Crippen LogP contribution < -0.4 is 9.64 Å². The molecule has 2 rings (SSSR count). The summed E-state index contributed by atoms with van der Waals surface area (Å²) in [6, 6.07) is 15.0. The van der Waals surface area contributed by atoms with Crippen molar-refractivity contribution in [3.05, 3.63) is 54.1 Å². The van der Waals surface area contributed by atoms with E-state index in [0.29, 0.717) is 17.0 Å². The molecule has 0 unspecified atom stereocenters. The van der Waals surface area contributed by atoms with E-state index in [9.17, 15) is 9.90 Å². The number of hydrogen-bond acceptors (Lipinski definition) is 4. The number of carbonyl (C=O) groups is 1. The van der Waals surface area contributed by atoms with Crippen LogP contribution in [-0.4, -0.2) is 24.7 Å². The van der Waals surface area contributed by atoms with Gasteiger partial charge >= 0.3 is 0 Å². The summed E-state index contributed by atoms with van der Waals surface area (Å²) < 4.78 is 5.39. The number of ether oxygens (including phenoxy) is 1. The Labute approximate surface area is 122 Å². The molecule has 0 aliphatic carbocycles. The molecular formula is C16H14N2O3. The first kappa shape index (κ1) is 14.4. The fraction of sp³-hybridized carbons (Fsp3) is 0.125. The van der Waals surface area contributed by atoms with Crippen LogP contribution in [0.25, 0.3) is 0 Å². The summed E-state index contributed by atoms with van der Waals surface area (Å²) in [6.07, 6.45) is 0. The molecule has 21 heavy (non-hydrogen) atoms. The van der Waals surface area contributed by atoms with Crippen LogP contribution in [0.3, 0.4) is 0 Å². The Hall–Kier alpha value is -3.00. The smallest absolute Gasteiger partial charge is 0.264 e. The van der Waals surface area contributed by atoms with Crippen LogP contribution in [0, 0.1) is 11.3 Å². The van der Waals surface area contributed by atoms with Gasteiger partial charge in [0.15, 0.2) is 6.61 Å². The molecule has 1 N–H and O–H groups in total. The number of phenols is 1. The normalized spacial score (nSPS) is 9.71. The predicted molar refractivity (Wildman–Crippen MR) is 78.2 cm³/mol. The van der Waals surface area contributed by atoms with E-state index < -0.39 is 0 Å². The number of nitriles is 1. The highest BCUT2D eigenvalue weighted by Crippen LogP contribution is 2.19. The van der Waals surface area contributed by atoms with E-state index in [1.165, 1.54) is 17.0 Å². The van der Waals surface area contributed by atoms with Gasteiger partial charge in [-0.3, -0.25) is 4.79 Å². The van der Waals surface area contributed by atoms with Gasteiger partial charge in [-0.15, -0.1) is 0 Å². The number of amides is 1. The van der Waals surface area contributed by atoms with Gasteiger partial charge in [-0.2, -0.15) is 5.26 Å². The Morgan fingerprint density at radius 2 is 1.90 bits per heavy atom. The Kier molecular flexibility index (Phi) is 4.42. The van der Waals surface area contributed by atoms with Gasteiger partial charge in [0, 0.05) is 12.7 Å². The molecule has 0 heterocycles. The van der Waals surface area contributed by atoms with Crippen molar-refractivity contribution in [2.24, 2.45) is 0 Å². The van der Waals surface area contributed by atoms with Crippen LogP contribution in [0.2, 0.25) is 0 Å². The zero-order valence-corrected chi connectivity index (χ0v) is 11.5. The minimum Gasteiger partial charge on any atom is -0.508 e. The second kappa shape index (κ2) is 6.44. The molecule has 1 amide bonds. The number of aromatic hydroxyl groups is 1. The van der Waals surface area contributed by atoms with Gasteiger partial charge in [-0.1, -0.05) is 12.1 Å². The topological polar surface area (TPSA) is 73.6 Å². The molecular weight excluding hydrogens is 268 g/mol. The lowest BCUT2D eigenvalue weighted by Gasteiger charge is -2.17. The van der Waals surface area contributed by atoms with Crippen molar-refractivity contribution >= 4 is 11.6 Å². The van der Waals surface area contributed by atoms with Crippen LogP contribution in [0.4, 0.5) is 5.69 Å². The van der Waals surface area contributed by atoms with Crippen molar-refractivity contribution in [3.63, 3.8) is 0 Å². The standard InChI is InChI=1S/C16H14N2O3/c1-18(13-6-8-14(19)9-7-13)16(20)11-21-15-5-3-2-4-12(15)10-17/h2-9,19H,11H2,1H3. The second-order valence-electron chi connectivity index (χ2n) is 4.37. The molecule has 0 bridgehead atoms. The van der Waals surface area contributed by atoms with Gasteiger partial charge in [0.2, 0.25) is 0 Å². The number of likely N-dealkylation sites (N-methyl/N-ethyl adjacent to an activating group) is 1. The Bertz CT molecular complexity index is 675. The van der Waals surface area contributed by atoms with Gasteiger partial charge in [0.05, 0.1) is 5.56 Å². The molecule has 0 aliphatic heterocycles. The molecule has 2 aromatic carbocycles. The van der Waals surface area contributed by atoms with Crippen LogP contribution in [0.15, 0.2) is 48.5 Å². The van der Waals surface area contributed by atoms with Crippen molar-refractivity contribution in [1.29, 1.82) is 5.26 Å². The second-order valence-corrected chi connectivity index (χ2v) is 4.37. The SMILES string of the molecule is CN(C(=O)COc1ccccc1C#N)c1ccc(O)cc1. The highest BCUT2D eigenvalue weighted by molar-refractivity contribution is 5.93. The van der Waals surface area contributed by atoms with Crippen molar-refractivity contribution < 1.29 is 14.6 Å². The molecule has 0 spiro atoms. The Morgan fingerprint density at radius 1 is 1.24 bits per heavy atom. The lowest BCUT2D eigenvalue weighted by atomic mass is 10.2. The highest BCUT2D eigenvalue weighted by atomic mass is 16.5. The average Bonchev–Trinajstić information content (AvgIpc) is 2.52. The number of carbonyl (C=O) groups excluding carboxylic acids is 1. The largest absolute Gasteiger partial charge is 0.508 e. The van der Waals surface area contributed by atoms with E-state index in [-0.39, 0.29) is 18.3 Å². The molecule has 0 atom stereocenters. The fourth-order valence-electron chi connectivity index (χ4n) is 1.74. The van der Waals surface area contributed by atoms with E-state index in [4.69, 9.17) is 10.00 Å². The predicted octanol–water partition coefficient (Wildman–Crippen LogP) is 2.31. The Morgan fingerprint density at radius 3 is 2.57 bits per heavy atom. The summed E-state index contributed by atoms with van der Waals surface area (Å²) in [5.41, 5.74) is 1.03. The van der Waals surface area contributed by atoms with Gasteiger partial charge < -0.3 is 14.7 Å². The molecule has 106 valence electrons. The lowest BCUT2D eigenvalue weighted by Crippen LogP contribution is -2.31. The van der Waals surface area contributed by atoms with Crippen molar-refractivity contribution in [2.75, 3.05) is 18.6 Å². The summed E-state index contributed by atoms with van der Waals surface area (Å²) in [5.74, 6) is 0.264. The highest BCUT2D eigenvalue weighted by Gasteiger charge is 2.12. The molecule has 0 fully saturated rings. The molecule has 0 aliphatic rings. The monoisotopic (exact) mass is 282 g/mol. The van der Waals surface area contributed by atoms with E-state index in [2.05, 4.69) is 0 Å².